The van der Waals surface area contributed by atoms with Gasteiger partial charge in [-0.2, -0.15) is 5.10 Å². The second-order valence-electron chi connectivity index (χ2n) is 4.95. The van der Waals surface area contributed by atoms with E-state index >= 15 is 0 Å². The number of benzene rings is 1. The summed E-state index contributed by atoms with van der Waals surface area (Å²) in [5.74, 6) is -0.223. The standard InChI is InChI=1S/C15H19FN2O/c1-2-11-7-9-12(10-8-11)17-18-15(19)13-5-3-4-6-14(13)16/h3-6,11H,2,7-10H2,1H3,(H,18,19). The summed E-state index contributed by atoms with van der Waals surface area (Å²) in [6.45, 7) is 2.20. The van der Waals surface area contributed by atoms with Crippen molar-refractivity contribution in [2.45, 2.75) is 39.0 Å². The van der Waals surface area contributed by atoms with Gasteiger partial charge in [-0.15, -0.1) is 0 Å². The van der Waals surface area contributed by atoms with Crippen LogP contribution in [-0.4, -0.2) is 11.6 Å². The smallest absolute Gasteiger partial charge is 0.267 e. The molecule has 1 amide bonds. The molecule has 0 radical (unpaired) electrons. The molecule has 0 heterocycles. The van der Waals surface area contributed by atoms with E-state index < -0.39 is 11.7 Å². The fraction of sp³-hybridized carbons (Fsp3) is 0.467. The number of rotatable bonds is 3. The maximum Gasteiger partial charge on any atom is 0.274 e. The van der Waals surface area contributed by atoms with Gasteiger partial charge in [0, 0.05) is 5.71 Å². The Morgan fingerprint density at radius 1 is 1.37 bits per heavy atom. The van der Waals surface area contributed by atoms with Crippen molar-refractivity contribution < 1.29 is 9.18 Å². The summed E-state index contributed by atoms with van der Waals surface area (Å²) in [4.78, 5) is 11.8. The van der Waals surface area contributed by atoms with Crippen LogP contribution in [-0.2, 0) is 0 Å². The summed E-state index contributed by atoms with van der Waals surface area (Å²) >= 11 is 0. The average Bonchev–Trinajstić information content (AvgIpc) is 2.46. The number of hydrogen-bond acceptors (Lipinski definition) is 2. The minimum Gasteiger partial charge on any atom is -0.267 e. The van der Waals surface area contributed by atoms with Crippen LogP contribution in [0.4, 0.5) is 4.39 Å². The summed E-state index contributed by atoms with van der Waals surface area (Å²) in [6.07, 6.45) is 5.32. The van der Waals surface area contributed by atoms with Crippen LogP contribution in [0.25, 0.3) is 0 Å². The summed E-state index contributed by atoms with van der Waals surface area (Å²) in [7, 11) is 0. The molecule has 0 atom stereocenters. The van der Waals surface area contributed by atoms with Crippen LogP contribution >= 0.6 is 0 Å². The first kappa shape index (κ1) is 13.7. The lowest BCUT2D eigenvalue weighted by Gasteiger charge is -2.21. The first-order chi connectivity index (χ1) is 9.20. The molecule has 0 unspecified atom stereocenters. The lowest BCUT2D eigenvalue weighted by Crippen LogP contribution is -2.23. The number of hydrazone groups is 1. The van der Waals surface area contributed by atoms with Gasteiger partial charge in [-0.25, -0.2) is 9.82 Å². The van der Waals surface area contributed by atoms with E-state index in [1.54, 1.807) is 12.1 Å². The van der Waals surface area contributed by atoms with Crippen molar-refractivity contribution in [3.8, 4) is 0 Å². The molecule has 0 bridgehead atoms. The zero-order chi connectivity index (χ0) is 13.7. The van der Waals surface area contributed by atoms with E-state index in [4.69, 9.17) is 0 Å². The third-order valence-electron chi connectivity index (χ3n) is 3.69. The Bertz CT molecular complexity index is 475. The highest BCUT2D eigenvalue weighted by atomic mass is 19.1. The van der Waals surface area contributed by atoms with Gasteiger partial charge in [-0.1, -0.05) is 25.5 Å². The molecular formula is C15H19FN2O. The van der Waals surface area contributed by atoms with Gasteiger partial charge in [0.15, 0.2) is 0 Å². The second kappa shape index (κ2) is 6.45. The zero-order valence-electron chi connectivity index (χ0n) is 11.2. The molecule has 3 nitrogen and oxygen atoms in total. The predicted molar refractivity (Wildman–Crippen MR) is 73.6 cm³/mol. The third-order valence-corrected chi connectivity index (χ3v) is 3.69. The Hall–Kier alpha value is -1.71. The minimum absolute atomic E-state index is 0.0362. The molecule has 1 saturated carbocycles. The fourth-order valence-electron chi connectivity index (χ4n) is 2.37. The van der Waals surface area contributed by atoms with Crippen molar-refractivity contribution in [3.63, 3.8) is 0 Å². The lowest BCUT2D eigenvalue weighted by molar-refractivity contribution is 0.0950. The van der Waals surface area contributed by atoms with E-state index in [9.17, 15) is 9.18 Å². The van der Waals surface area contributed by atoms with Gasteiger partial charge in [0.25, 0.3) is 5.91 Å². The lowest BCUT2D eigenvalue weighted by atomic mass is 9.86. The number of carbonyl (C=O) groups is 1. The van der Waals surface area contributed by atoms with E-state index in [0.29, 0.717) is 0 Å². The van der Waals surface area contributed by atoms with Gasteiger partial charge in [-0.3, -0.25) is 4.79 Å². The van der Waals surface area contributed by atoms with Gasteiger partial charge in [-0.05, 0) is 43.7 Å². The number of halogens is 1. The highest BCUT2D eigenvalue weighted by Crippen LogP contribution is 2.24. The van der Waals surface area contributed by atoms with Crippen LogP contribution in [0.1, 0.15) is 49.4 Å². The van der Waals surface area contributed by atoms with Crippen molar-refractivity contribution in [2.75, 3.05) is 0 Å². The van der Waals surface area contributed by atoms with Crippen LogP contribution in [0.3, 0.4) is 0 Å². The molecule has 102 valence electrons. The van der Waals surface area contributed by atoms with Crippen molar-refractivity contribution in [1.82, 2.24) is 5.43 Å². The molecule has 0 saturated heterocycles. The van der Waals surface area contributed by atoms with Gasteiger partial charge < -0.3 is 0 Å². The van der Waals surface area contributed by atoms with Crippen LogP contribution in [0.5, 0.6) is 0 Å². The molecule has 1 aliphatic carbocycles. The van der Waals surface area contributed by atoms with Gasteiger partial charge in [0.1, 0.15) is 5.82 Å². The Balaban J connectivity index is 1.92. The number of amides is 1. The topological polar surface area (TPSA) is 41.5 Å². The highest BCUT2D eigenvalue weighted by Gasteiger charge is 2.16. The molecule has 2 rings (SSSR count). The summed E-state index contributed by atoms with van der Waals surface area (Å²) < 4.78 is 13.4. The van der Waals surface area contributed by atoms with Crippen molar-refractivity contribution in [3.05, 3.63) is 35.6 Å². The number of nitrogens with zero attached hydrogens (tertiary/aromatic N) is 1. The molecule has 1 aromatic carbocycles. The molecule has 1 aliphatic rings. The monoisotopic (exact) mass is 262 g/mol. The summed E-state index contributed by atoms with van der Waals surface area (Å²) in [5.41, 5.74) is 3.50. The Kier molecular flexibility index (Phi) is 4.66. The number of nitrogens with one attached hydrogen (secondary N) is 1. The van der Waals surface area contributed by atoms with Gasteiger partial charge in [0.05, 0.1) is 5.56 Å². The molecule has 4 heteroatoms. The summed E-state index contributed by atoms with van der Waals surface area (Å²) in [6, 6.07) is 5.93. The van der Waals surface area contributed by atoms with E-state index in [0.717, 1.165) is 37.3 Å². The quantitative estimate of drug-likeness (QED) is 0.832. The van der Waals surface area contributed by atoms with Crippen molar-refractivity contribution in [2.24, 2.45) is 11.0 Å². The third kappa shape index (κ3) is 3.63. The Morgan fingerprint density at radius 3 is 2.68 bits per heavy atom. The highest BCUT2D eigenvalue weighted by molar-refractivity contribution is 5.95. The number of hydrogen-bond donors (Lipinski definition) is 1. The normalized spacial score (nSPS) is 19.1. The van der Waals surface area contributed by atoms with Crippen LogP contribution in [0.15, 0.2) is 29.4 Å². The second-order valence-corrected chi connectivity index (χ2v) is 4.95. The van der Waals surface area contributed by atoms with Gasteiger partial charge in [0.2, 0.25) is 0 Å². The predicted octanol–water partition coefficient (Wildman–Crippen LogP) is 3.51. The van der Waals surface area contributed by atoms with Crippen LogP contribution in [0.2, 0.25) is 0 Å². The maximum absolute atomic E-state index is 13.4. The molecule has 1 aromatic rings. The molecule has 0 spiro atoms. The molecule has 19 heavy (non-hydrogen) atoms. The minimum atomic E-state index is -0.519. The van der Waals surface area contributed by atoms with Crippen molar-refractivity contribution >= 4 is 11.6 Å². The first-order valence-corrected chi connectivity index (χ1v) is 6.81. The van der Waals surface area contributed by atoms with Gasteiger partial charge >= 0.3 is 0 Å². The molecule has 1 fully saturated rings. The number of carbonyl (C=O) groups excluding carboxylic acids is 1. The van der Waals surface area contributed by atoms with Crippen molar-refractivity contribution in [1.29, 1.82) is 0 Å². The molecule has 1 N–H and O–H groups in total. The average molecular weight is 262 g/mol. The maximum atomic E-state index is 13.4. The van der Waals surface area contributed by atoms with Crippen LogP contribution < -0.4 is 5.43 Å². The van der Waals surface area contributed by atoms with E-state index in [1.165, 1.54) is 18.6 Å². The SMILES string of the molecule is CCC1CCC(=NNC(=O)c2ccccc2F)CC1. The van der Waals surface area contributed by atoms with E-state index in [1.807, 2.05) is 0 Å². The fourth-order valence-corrected chi connectivity index (χ4v) is 2.37. The zero-order valence-corrected chi connectivity index (χ0v) is 11.2. The molecular weight excluding hydrogens is 243 g/mol. The van der Waals surface area contributed by atoms with E-state index in [2.05, 4.69) is 17.5 Å². The molecule has 0 aromatic heterocycles. The first-order valence-electron chi connectivity index (χ1n) is 6.81. The largest absolute Gasteiger partial charge is 0.274 e. The molecule has 0 aliphatic heterocycles. The van der Waals surface area contributed by atoms with E-state index in [-0.39, 0.29) is 5.56 Å². The Labute approximate surface area is 112 Å². The Morgan fingerprint density at radius 2 is 2.05 bits per heavy atom. The summed E-state index contributed by atoms with van der Waals surface area (Å²) in [5, 5.41) is 4.12. The van der Waals surface area contributed by atoms with Crippen LogP contribution in [0, 0.1) is 11.7 Å².